The first-order valence-electron chi connectivity index (χ1n) is 6.44. The molecule has 0 aliphatic carbocycles. The number of sulfonamides is 1. The zero-order valence-corrected chi connectivity index (χ0v) is 14.6. The fourth-order valence-electron chi connectivity index (χ4n) is 1.76. The van der Waals surface area contributed by atoms with Crippen molar-refractivity contribution in [2.45, 2.75) is 11.4 Å². The summed E-state index contributed by atoms with van der Waals surface area (Å²) in [5.41, 5.74) is 6.42. The Labute approximate surface area is 134 Å². The maximum Gasteiger partial charge on any atom is 0.244 e. The summed E-state index contributed by atoms with van der Waals surface area (Å²) in [7, 11) is -0.546. The second kappa shape index (κ2) is 8.82. The number of methoxy groups -OCH3 is 2. The van der Waals surface area contributed by atoms with Crippen LogP contribution in [0, 0.1) is 0 Å². The van der Waals surface area contributed by atoms with E-state index >= 15 is 0 Å². The van der Waals surface area contributed by atoms with Gasteiger partial charge in [-0.15, -0.1) is 0 Å². The van der Waals surface area contributed by atoms with Crippen molar-refractivity contribution in [3.8, 4) is 0 Å². The lowest BCUT2D eigenvalue weighted by molar-refractivity contribution is 0.150. The molecular weight excluding hydrogens is 360 g/mol. The maximum absolute atomic E-state index is 12.7. The molecule has 1 aromatic carbocycles. The standard InChI is InChI=1S/C13H21BrN2O4S/c1-19-7-5-16(6-8-20-2)21(17,18)13-4-3-11(10-15)9-12(13)14/h3-4,9H,5-8,10,15H2,1-2H3. The average Bonchev–Trinajstić information content (AvgIpc) is 2.46. The molecule has 0 heterocycles. The molecule has 120 valence electrons. The molecule has 1 rings (SSSR count). The molecule has 0 aliphatic heterocycles. The molecule has 0 amide bonds. The molecule has 0 atom stereocenters. The Kier molecular flexibility index (Phi) is 7.78. The summed E-state index contributed by atoms with van der Waals surface area (Å²) in [6.07, 6.45) is 0. The third-order valence-electron chi connectivity index (χ3n) is 2.94. The van der Waals surface area contributed by atoms with Crippen molar-refractivity contribution < 1.29 is 17.9 Å². The largest absolute Gasteiger partial charge is 0.383 e. The summed E-state index contributed by atoms with van der Waals surface area (Å²) in [5, 5.41) is 0. The van der Waals surface area contributed by atoms with Gasteiger partial charge in [0.15, 0.2) is 0 Å². The van der Waals surface area contributed by atoms with Crippen LogP contribution in [0.1, 0.15) is 5.56 Å². The van der Waals surface area contributed by atoms with Gasteiger partial charge in [0.2, 0.25) is 10.0 Å². The van der Waals surface area contributed by atoms with Crippen molar-refractivity contribution >= 4 is 26.0 Å². The van der Waals surface area contributed by atoms with E-state index in [4.69, 9.17) is 15.2 Å². The van der Waals surface area contributed by atoms with Gasteiger partial charge in [0, 0.05) is 38.3 Å². The lowest BCUT2D eigenvalue weighted by Gasteiger charge is -2.22. The van der Waals surface area contributed by atoms with Gasteiger partial charge >= 0.3 is 0 Å². The van der Waals surface area contributed by atoms with E-state index in [1.165, 1.54) is 18.5 Å². The highest BCUT2D eigenvalue weighted by Crippen LogP contribution is 2.26. The predicted molar refractivity (Wildman–Crippen MR) is 84.5 cm³/mol. The Morgan fingerprint density at radius 2 is 1.76 bits per heavy atom. The molecule has 0 saturated carbocycles. The first-order valence-corrected chi connectivity index (χ1v) is 8.67. The molecule has 0 spiro atoms. The number of hydrogen-bond donors (Lipinski definition) is 1. The summed E-state index contributed by atoms with van der Waals surface area (Å²) in [5.74, 6) is 0. The highest BCUT2D eigenvalue weighted by Gasteiger charge is 2.26. The number of nitrogens with two attached hydrogens (primary N) is 1. The molecule has 1 aromatic rings. The first-order chi connectivity index (χ1) is 9.97. The van der Waals surface area contributed by atoms with Gasteiger partial charge in [-0.1, -0.05) is 6.07 Å². The average molecular weight is 381 g/mol. The Balaban J connectivity index is 3.08. The minimum Gasteiger partial charge on any atom is -0.383 e. The number of ether oxygens (including phenoxy) is 2. The van der Waals surface area contributed by atoms with Crippen LogP contribution in [-0.4, -0.2) is 53.2 Å². The van der Waals surface area contributed by atoms with Crippen LogP contribution >= 0.6 is 15.9 Å². The quantitative estimate of drug-likeness (QED) is 0.695. The van der Waals surface area contributed by atoms with E-state index < -0.39 is 10.0 Å². The zero-order valence-electron chi connectivity index (χ0n) is 12.2. The Morgan fingerprint density at radius 3 is 2.19 bits per heavy atom. The lowest BCUT2D eigenvalue weighted by Crippen LogP contribution is -2.36. The van der Waals surface area contributed by atoms with Crippen molar-refractivity contribution in [3.63, 3.8) is 0 Å². The van der Waals surface area contributed by atoms with Crippen molar-refractivity contribution in [1.29, 1.82) is 0 Å². The van der Waals surface area contributed by atoms with Crippen LogP contribution in [0.4, 0.5) is 0 Å². The smallest absolute Gasteiger partial charge is 0.244 e. The SMILES string of the molecule is COCCN(CCOC)S(=O)(=O)c1ccc(CN)cc1Br. The summed E-state index contributed by atoms with van der Waals surface area (Å²) >= 11 is 3.30. The molecule has 0 saturated heterocycles. The monoisotopic (exact) mass is 380 g/mol. The number of rotatable bonds is 9. The molecule has 21 heavy (non-hydrogen) atoms. The van der Waals surface area contributed by atoms with Gasteiger partial charge in [0.1, 0.15) is 0 Å². The van der Waals surface area contributed by atoms with Crippen molar-refractivity contribution in [3.05, 3.63) is 28.2 Å². The van der Waals surface area contributed by atoms with E-state index in [0.717, 1.165) is 5.56 Å². The number of hydrogen-bond acceptors (Lipinski definition) is 5. The molecule has 2 N–H and O–H groups in total. The van der Waals surface area contributed by atoms with Gasteiger partial charge in [0.25, 0.3) is 0 Å². The fourth-order valence-corrected chi connectivity index (χ4v) is 4.25. The number of benzene rings is 1. The minimum atomic E-state index is -3.62. The van der Waals surface area contributed by atoms with Crippen molar-refractivity contribution in [2.24, 2.45) is 5.73 Å². The van der Waals surface area contributed by atoms with E-state index in [1.807, 2.05) is 0 Å². The molecule has 0 unspecified atom stereocenters. The summed E-state index contributed by atoms with van der Waals surface area (Å²) in [4.78, 5) is 0.215. The molecule has 0 bridgehead atoms. The lowest BCUT2D eigenvalue weighted by atomic mass is 10.2. The van der Waals surface area contributed by atoms with E-state index in [1.54, 1.807) is 18.2 Å². The molecule has 8 heteroatoms. The molecular formula is C13H21BrN2O4S. The van der Waals surface area contributed by atoms with Gasteiger partial charge in [0.05, 0.1) is 18.1 Å². The van der Waals surface area contributed by atoms with E-state index in [-0.39, 0.29) is 18.0 Å². The second-order valence-corrected chi connectivity index (χ2v) is 7.12. The highest BCUT2D eigenvalue weighted by atomic mass is 79.9. The Bertz CT molecular complexity index is 543. The van der Waals surface area contributed by atoms with Crippen LogP contribution in [0.5, 0.6) is 0 Å². The summed E-state index contributed by atoms with van der Waals surface area (Å²) in [6.45, 7) is 1.54. The molecule has 0 aromatic heterocycles. The number of halogens is 1. The first kappa shape index (κ1) is 18.5. The Hall–Kier alpha value is -0.510. The fraction of sp³-hybridized carbons (Fsp3) is 0.538. The van der Waals surface area contributed by atoms with E-state index in [0.29, 0.717) is 24.2 Å². The van der Waals surface area contributed by atoms with Gasteiger partial charge < -0.3 is 15.2 Å². The van der Waals surface area contributed by atoms with Crippen LogP contribution in [0.25, 0.3) is 0 Å². The van der Waals surface area contributed by atoms with Crippen LogP contribution in [0.2, 0.25) is 0 Å². The van der Waals surface area contributed by atoms with Gasteiger partial charge in [-0.05, 0) is 33.6 Å². The van der Waals surface area contributed by atoms with Gasteiger partial charge in [-0.3, -0.25) is 0 Å². The summed E-state index contributed by atoms with van der Waals surface area (Å²) in [6, 6.07) is 4.99. The van der Waals surface area contributed by atoms with E-state index in [2.05, 4.69) is 15.9 Å². The maximum atomic E-state index is 12.7. The predicted octanol–water partition coefficient (Wildman–Crippen LogP) is 1.19. The third-order valence-corrected chi connectivity index (χ3v) is 5.81. The molecule has 0 radical (unpaired) electrons. The van der Waals surface area contributed by atoms with Crippen LogP contribution in [0.15, 0.2) is 27.6 Å². The van der Waals surface area contributed by atoms with Crippen molar-refractivity contribution in [2.75, 3.05) is 40.5 Å². The van der Waals surface area contributed by atoms with Crippen LogP contribution in [0.3, 0.4) is 0 Å². The van der Waals surface area contributed by atoms with E-state index in [9.17, 15) is 8.42 Å². The molecule has 6 nitrogen and oxygen atoms in total. The highest BCUT2D eigenvalue weighted by molar-refractivity contribution is 9.10. The normalized spacial score (nSPS) is 12.0. The zero-order chi connectivity index (χ0) is 15.9. The topological polar surface area (TPSA) is 81.9 Å². The van der Waals surface area contributed by atoms with Gasteiger partial charge in [-0.2, -0.15) is 4.31 Å². The van der Waals surface area contributed by atoms with Crippen LogP contribution in [-0.2, 0) is 26.0 Å². The Morgan fingerprint density at radius 1 is 1.19 bits per heavy atom. The molecule has 0 aliphatic rings. The third kappa shape index (κ3) is 5.01. The number of nitrogens with zero attached hydrogens (tertiary/aromatic N) is 1. The van der Waals surface area contributed by atoms with Gasteiger partial charge in [-0.25, -0.2) is 8.42 Å². The molecule has 0 fully saturated rings. The second-order valence-electron chi connectivity index (χ2n) is 4.36. The summed E-state index contributed by atoms with van der Waals surface area (Å²) < 4.78 is 37.2. The van der Waals surface area contributed by atoms with Crippen molar-refractivity contribution in [1.82, 2.24) is 4.31 Å². The minimum absolute atomic E-state index is 0.215. The van der Waals surface area contributed by atoms with Crippen LogP contribution < -0.4 is 5.73 Å².